The van der Waals surface area contributed by atoms with Crippen molar-refractivity contribution < 1.29 is 9.59 Å². The minimum Gasteiger partial charge on any atom is -0.378 e. The van der Waals surface area contributed by atoms with Crippen molar-refractivity contribution in [3.63, 3.8) is 0 Å². The molecule has 6 heteroatoms. The monoisotopic (exact) mass is 366 g/mol. The maximum Gasteiger partial charge on any atom is 0.333 e. The van der Waals surface area contributed by atoms with Crippen molar-refractivity contribution in [2.75, 3.05) is 37.6 Å². The van der Waals surface area contributed by atoms with Crippen LogP contribution in [0.2, 0.25) is 0 Å². The molecule has 142 valence electrons. The van der Waals surface area contributed by atoms with E-state index in [1.807, 2.05) is 56.4 Å². The Bertz CT molecular complexity index is 805. The maximum atomic E-state index is 12.8. The summed E-state index contributed by atoms with van der Waals surface area (Å²) in [7, 11) is 5.92. The molecule has 0 radical (unpaired) electrons. The van der Waals surface area contributed by atoms with Crippen LogP contribution < -0.4 is 9.80 Å². The molecule has 6 nitrogen and oxygen atoms in total. The first-order chi connectivity index (χ1) is 12.9. The largest absolute Gasteiger partial charge is 0.378 e. The fraction of sp³-hybridized carbons (Fsp3) is 0.333. The van der Waals surface area contributed by atoms with Crippen molar-refractivity contribution in [3.8, 4) is 0 Å². The first-order valence-corrected chi connectivity index (χ1v) is 9.03. The molecule has 1 aliphatic heterocycles. The second-order valence-electron chi connectivity index (χ2n) is 7.15. The van der Waals surface area contributed by atoms with Gasteiger partial charge in [-0.1, -0.05) is 30.3 Å². The van der Waals surface area contributed by atoms with Crippen LogP contribution in [0.4, 0.5) is 16.2 Å². The Hall–Kier alpha value is -2.86. The van der Waals surface area contributed by atoms with Crippen LogP contribution in [-0.2, 0) is 11.3 Å². The molecule has 0 N–H and O–H groups in total. The van der Waals surface area contributed by atoms with Crippen molar-refractivity contribution in [2.24, 2.45) is 0 Å². The van der Waals surface area contributed by atoms with Gasteiger partial charge in [0.25, 0.3) is 5.91 Å². The zero-order valence-corrected chi connectivity index (χ0v) is 16.3. The highest BCUT2D eigenvalue weighted by Crippen LogP contribution is 2.25. The summed E-state index contributed by atoms with van der Waals surface area (Å²) in [5, 5.41) is 0. The summed E-state index contributed by atoms with van der Waals surface area (Å²) in [6.07, 6.45) is 0. The van der Waals surface area contributed by atoms with E-state index in [4.69, 9.17) is 0 Å². The maximum absolute atomic E-state index is 12.8. The van der Waals surface area contributed by atoms with Crippen molar-refractivity contribution in [1.29, 1.82) is 0 Å². The van der Waals surface area contributed by atoms with Gasteiger partial charge in [-0.3, -0.25) is 14.6 Å². The number of hydrogen-bond acceptors (Lipinski definition) is 4. The summed E-state index contributed by atoms with van der Waals surface area (Å²) >= 11 is 0. The first-order valence-electron chi connectivity index (χ1n) is 9.03. The van der Waals surface area contributed by atoms with Gasteiger partial charge in [0, 0.05) is 32.0 Å². The molecule has 1 heterocycles. The van der Waals surface area contributed by atoms with Crippen LogP contribution in [0.25, 0.3) is 0 Å². The Labute approximate surface area is 160 Å². The Morgan fingerprint density at radius 2 is 1.56 bits per heavy atom. The lowest BCUT2D eigenvalue weighted by molar-refractivity contribution is -0.128. The summed E-state index contributed by atoms with van der Waals surface area (Å²) in [6.45, 7) is 2.69. The third kappa shape index (κ3) is 3.95. The number of anilines is 2. The minimum atomic E-state index is -0.493. The number of imide groups is 1. The summed E-state index contributed by atoms with van der Waals surface area (Å²) in [5.74, 6) is -0.168. The predicted octanol–water partition coefficient (Wildman–Crippen LogP) is 3.00. The lowest BCUT2D eigenvalue weighted by atomic mass is 10.2. The van der Waals surface area contributed by atoms with Gasteiger partial charge in [-0.15, -0.1) is 0 Å². The Morgan fingerprint density at radius 1 is 0.926 bits per heavy atom. The molecular weight excluding hydrogens is 340 g/mol. The summed E-state index contributed by atoms with van der Waals surface area (Å²) in [5.41, 5.74) is 3.02. The highest BCUT2D eigenvalue weighted by Gasteiger charge is 2.43. The van der Waals surface area contributed by atoms with Crippen LogP contribution in [-0.4, -0.2) is 55.6 Å². The van der Waals surface area contributed by atoms with E-state index in [1.165, 1.54) is 4.90 Å². The van der Waals surface area contributed by atoms with Crippen molar-refractivity contribution in [1.82, 2.24) is 9.80 Å². The number of carbonyl (C=O) groups excluding carboxylic acids is 2. The molecule has 3 rings (SSSR count). The lowest BCUT2D eigenvalue weighted by Crippen LogP contribution is -2.40. The van der Waals surface area contributed by atoms with Gasteiger partial charge in [-0.25, -0.2) is 9.69 Å². The molecule has 2 aromatic rings. The number of para-hydroxylation sites is 1. The zero-order chi connectivity index (χ0) is 19.6. The smallest absolute Gasteiger partial charge is 0.333 e. The van der Waals surface area contributed by atoms with Crippen molar-refractivity contribution in [3.05, 3.63) is 60.2 Å². The fourth-order valence-electron chi connectivity index (χ4n) is 3.28. The summed E-state index contributed by atoms with van der Waals surface area (Å²) < 4.78 is 0. The summed E-state index contributed by atoms with van der Waals surface area (Å²) in [6, 6.07) is 16.8. The fourth-order valence-corrected chi connectivity index (χ4v) is 3.28. The van der Waals surface area contributed by atoms with Gasteiger partial charge in [0.15, 0.2) is 0 Å². The van der Waals surface area contributed by atoms with Crippen LogP contribution >= 0.6 is 0 Å². The minimum absolute atomic E-state index is 0.168. The predicted molar refractivity (Wildman–Crippen MR) is 108 cm³/mol. The van der Waals surface area contributed by atoms with E-state index in [9.17, 15) is 9.59 Å². The van der Waals surface area contributed by atoms with Gasteiger partial charge >= 0.3 is 6.03 Å². The van der Waals surface area contributed by atoms with Gasteiger partial charge in [0.2, 0.25) is 0 Å². The third-order valence-corrected chi connectivity index (χ3v) is 4.77. The second-order valence-corrected chi connectivity index (χ2v) is 7.15. The van der Waals surface area contributed by atoms with E-state index in [2.05, 4.69) is 29.2 Å². The number of urea groups is 1. The van der Waals surface area contributed by atoms with Crippen molar-refractivity contribution >= 4 is 23.3 Å². The van der Waals surface area contributed by atoms with Crippen LogP contribution in [0.3, 0.4) is 0 Å². The number of nitrogens with zero attached hydrogens (tertiary/aromatic N) is 4. The van der Waals surface area contributed by atoms with E-state index in [0.717, 1.165) is 16.9 Å². The molecule has 27 heavy (non-hydrogen) atoms. The molecule has 1 saturated heterocycles. The van der Waals surface area contributed by atoms with Crippen LogP contribution in [0.1, 0.15) is 12.5 Å². The van der Waals surface area contributed by atoms with Crippen molar-refractivity contribution in [2.45, 2.75) is 19.5 Å². The van der Waals surface area contributed by atoms with Gasteiger partial charge in [0.05, 0.1) is 6.67 Å². The quantitative estimate of drug-likeness (QED) is 0.738. The first kappa shape index (κ1) is 18.9. The van der Waals surface area contributed by atoms with E-state index >= 15 is 0 Å². The van der Waals surface area contributed by atoms with Gasteiger partial charge in [-0.05, 0) is 43.8 Å². The summed E-state index contributed by atoms with van der Waals surface area (Å²) in [4.78, 5) is 32.4. The number of benzene rings is 2. The molecule has 3 amide bonds. The molecule has 0 aromatic heterocycles. The third-order valence-electron chi connectivity index (χ3n) is 4.77. The molecular formula is C21H26N4O2. The molecule has 0 spiro atoms. The normalized spacial score (nSPS) is 17.1. The number of amides is 3. The molecule has 1 atom stereocenters. The van der Waals surface area contributed by atoms with E-state index in [-0.39, 0.29) is 18.6 Å². The molecule has 1 unspecified atom stereocenters. The van der Waals surface area contributed by atoms with Gasteiger partial charge in [-0.2, -0.15) is 0 Å². The average molecular weight is 366 g/mol. The molecule has 0 saturated carbocycles. The Morgan fingerprint density at radius 3 is 2.15 bits per heavy atom. The van der Waals surface area contributed by atoms with E-state index < -0.39 is 6.04 Å². The van der Waals surface area contributed by atoms with Gasteiger partial charge < -0.3 is 4.90 Å². The SMILES string of the molecule is CC1C(=O)N(CN(C)Cc2ccc(N(C)C)cc2)C(=O)N1c1ccccc1. The topological polar surface area (TPSA) is 47.1 Å². The van der Waals surface area contributed by atoms with E-state index in [0.29, 0.717) is 6.54 Å². The van der Waals surface area contributed by atoms with E-state index in [1.54, 1.807) is 11.8 Å². The highest BCUT2D eigenvalue weighted by atomic mass is 16.2. The molecule has 1 fully saturated rings. The Kier molecular flexibility index (Phi) is 5.46. The highest BCUT2D eigenvalue weighted by molar-refractivity contribution is 6.13. The molecule has 1 aliphatic rings. The van der Waals surface area contributed by atoms with Crippen LogP contribution in [0, 0.1) is 0 Å². The second kappa shape index (κ2) is 7.80. The zero-order valence-electron chi connectivity index (χ0n) is 16.3. The average Bonchev–Trinajstić information content (AvgIpc) is 2.86. The Balaban J connectivity index is 1.67. The number of rotatable bonds is 6. The van der Waals surface area contributed by atoms with Crippen LogP contribution in [0.5, 0.6) is 0 Å². The van der Waals surface area contributed by atoms with Gasteiger partial charge in [0.1, 0.15) is 6.04 Å². The number of hydrogen-bond donors (Lipinski definition) is 0. The molecule has 2 aromatic carbocycles. The van der Waals surface area contributed by atoms with Crippen LogP contribution in [0.15, 0.2) is 54.6 Å². The number of carbonyl (C=O) groups is 2. The lowest BCUT2D eigenvalue weighted by Gasteiger charge is -2.23. The molecule has 0 aliphatic carbocycles. The standard InChI is InChI=1S/C21H26N4O2/c1-16-20(26)24(21(27)25(16)19-8-6-5-7-9-19)15-23(4)14-17-10-12-18(13-11-17)22(2)3/h5-13,16H,14-15H2,1-4H3. The molecule has 0 bridgehead atoms.